The van der Waals surface area contributed by atoms with Crippen molar-refractivity contribution in [1.29, 1.82) is 5.26 Å². The van der Waals surface area contributed by atoms with Gasteiger partial charge in [-0.2, -0.15) is 14.9 Å². The Morgan fingerprint density at radius 2 is 2.21 bits per heavy atom. The van der Waals surface area contributed by atoms with Gasteiger partial charge in [0.1, 0.15) is 29.5 Å². The third-order valence-corrected chi connectivity index (χ3v) is 4.86. The fourth-order valence-electron chi connectivity index (χ4n) is 2.93. The molecule has 0 spiro atoms. The van der Waals surface area contributed by atoms with Gasteiger partial charge in [0.05, 0.1) is 6.20 Å². The van der Waals surface area contributed by atoms with E-state index in [1.807, 2.05) is 13.8 Å². The molecule has 1 fully saturated rings. The van der Waals surface area contributed by atoms with Crippen molar-refractivity contribution in [3.05, 3.63) is 41.6 Å². The van der Waals surface area contributed by atoms with E-state index in [2.05, 4.69) is 42.2 Å². The third kappa shape index (κ3) is 3.99. The summed E-state index contributed by atoms with van der Waals surface area (Å²) in [7, 11) is 0. The first-order chi connectivity index (χ1) is 14.1. The van der Waals surface area contributed by atoms with E-state index < -0.39 is 0 Å². The molecule has 1 saturated carbocycles. The number of halogens is 1. The lowest BCUT2D eigenvalue weighted by Crippen LogP contribution is -2.16. The van der Waals surface area contributed by atoms with Crippen LogP contribution in [0, 0.1) is 17.1 Å². The van der Waals surface area contributed by atoms with Gasteiger partial charge in [-0.1, -0.05) is 6.92 Å². The number of rotatable bonds is 7. The Morgan fingerprint density at radius 3 is 2.86 bits per heavy atom. The molecule has 2 aromatic heterocycles. The molecule has 1 aromatic carbocycles. The predicted octanol–water partition coefficient (Wildman–Crippen LogP) is 3.29. The standard InChI is InChI=1S/C19H20FN9/c1-3-11(2)24-18-13(8-21)9-22-19(26-18)25-14-6-15(12-4-5-12)17(20)16(7-14)29-10-23-27-28-29/h6-7,9-12H,3-5H2,1-2H3,(H2,22,24,25,26). The molecule has 1 aliphatic carbocycles. The summed E-state index contributed by atoms with van der Waals surface area (Å²) in [5.74, 6) is 0.636. The Morgan fingerprint density at radius 1 is 1.38 bits per heavy atom. The molecule has 0 bridgehead atoms. The smallest absolute Gasteiger partial charge is 0.229 e. The Labute approximate surface area is 167 Å². The lowest BCUT2D eigenvalue weighted by Gasteiger charge is -2.15. The van der Waals surface area contributed by atoms with Gasteiger partial charge in [0, 0.05) is 11.7 Å². The van der Waals surface area contributed by atoms with Gasteiger partial charge >= 0.3 is 0 Å². The number of nitrogens with one attached hydrogen (secondary N) is 2. The molecule has 10 heteroatoms. The number of hydrogen-bond acceptors (Lipinski definition) is 8. The predicted molar refractivity (Wildman–Crippen MR) is 104 cm³/mol. The SMILES string of the molecule is CCC(C)Nc1nc(Nc2cc(C3CC3)c(F)c(-n3cnnn3)c2)ncc1C#N. The quantitative estimate of drug-likeness (QED) is 0.628. The molecule has 3 aromatic rings. The fraction of sp³-hybridized carbons (Fsp3) is 0.368. The van der Waals surface area contributed by atoms with Gasteiger partial charge in [0.25, 0.3) is 0 Å². The third-order valence-electron chi connectivity index (χ3n) is 4.86. The highest BCUT2D eigenvalue weighted by Crippen LogP contribution is 2.43. The molecular formula is C19H20FN9. The summed E-state index contributed by atoms with van der Waals surface area (Å²) in [5, 5.41) is 26.6. The zero-order valence-corrected chi connectivity index (χ0v) is 16.1. The van der Waals surface area contributed by atoms with Gasteiger partial charge < -0.3 is 10.6 Å². The van der Waals surface area contributed by atoms with Gasteiger partial charge in [0.15, 0.2) is 5.82 Å². The normalized spacial score (nSPS) is 14.3. The first kappa shape index (κ1) is 18.7. The second kappa shape index (κ2) is 7.79. The minimum absolute atomic E-state index is 0.156. The topological polar surface area (TPSA) is 117 Å². The van der Waals surface area contributed by atoms with Gasteiger partial charge in [0.2, 0.25) is 5.95 Å². The van der Waals surface area contributed by atoms with Crippen LogP contribution in [0.1, 0.15) is 50.2 Å². The number of tetrazole rings is 1. The zero-order valence-electron chi connectivity index (χ0n) is 16.1. The second-order valence-corrected chi connectivity index (χ2v) is 7.07. The summed E-state index contributed by atoms with van der Waals surface area (Å²) in [6.45, 7) is 4.05. The maximum Gasteiger partial charge on any atom is 0.229 e. The van der Waals surface area contributed by atoms with Gasteiger partial charge in [-0.05, 0) is 60.2 Å². The Balaban J connectivity index is 1.69. The largest absolute Gasteiger partial charge is 0.366 e. The summed E-state index contributed by atoms with van der Waals surface area (Å²) in [6, 6.07) is 5.63. The van der Waals surface area contributed by atoms with Crippen LogP contribution >= 0.6 is 0 Å². The summed E-state index contributed by atoms with van der Waals surface area (Å²) in [6.07, 6.45) is 5.60. The first-order valence-corrected chi connectivity index (χ1v) is 9.46. The van der Waals surface area contributed by atoms with Crippen molar-refractivity contribution >= 4 is 17.5 Å². The Bertz CT molecular complexity index is 1050. The zero-order chi connectivity index (χ0) is 20.4. The summed E-state index contributed by atoms with van der Waals surface area (Å²) < 4.78 is 16.3. The van der Waals surface area contributed by atoms with Crippen LogP contribution in [-0.2, 0) is 0 Å². The van der Waals surface area contributed by atoms with Crippen molar-refractivity contribution in [3.63, 3.8) is 0 Å². The van der Waals surface area contributed by atoms with Crippen molar-refractivity contribution in [2.75, 3.05) is 10.6 Å². The number of nitriles is 1. The molecule has 148 valence electrons. The molecule has 2 heterocycles. The minimum Gasteiger partial charge on any atom is -0.366 e. The lowest BCUT2D eigenvalue weighted by molar-refractivity contribution is 0.592. The second-order valence-electron chi connectivity index (χ2n) is 7.07. The molecule has 0 aliphatic heterocycles. The van der Waals surface area contributed by atoms with Gasteiger partial charge in [-0.3, -0.25) is 0 Å². The first-order valence-electron chi connectivity index (χ1n) is 9.46. The number of hydrogen-bond donors (Lipinski definition) is 2. The van der Waals surface area contributed by atoms with Crippen LogP contribution in [0.25, 0.3) is 5.69 Å². The van der Waals surface area contributed by atoms with Crippen LogP contribution in [0.3, 0.4) is 0 Å². The highest BCUT2D eigenvalue weighted by atomic mass is 19.1. The summed E-state index contributed by atoms with van der Waals surface area (Å²) in [5.41, 5.74) is 1.86. The molecule has 29 heavy (non-hydrogen) atoms. The summed E-state index contributed by atoms with van der Waals surface area (Å²) in [4.78, 5) is 8.65. The van der Waals surface area contributed by atoms with Gasteiger partial charge in [-0.15, -0.1) is 5.10 Å². The molecule has 2 N–H and O–H groups in total. The number of aromatic nitrogens is 6. The van der Waals surface area contributed by atoms with E-state index in [1.165, 1.54) is 17.2 Å². The molecule has 0 radical (unpaired) electrons. The van der Waals surface area contributed by atoms with E-state index in [0.717, 1.165) is 19.3 Å². The monoisotopic (exact) mass is 393 g/mol. The minimum atomic E-state index is -0.328. The molecule has 0 amide bonds. The van der Waals surface area contributed by atoms with E-state index in [4.69, 9.17) is 0 Å². The average molecular weight is 393 g/mol. The van der Waals surface area contributed by atoms with E-state index in [0.29, 0.717) is 28.6 Å². The Kier molecular flexibility index (Phi) is 5.03. The van der Waals surface area contributed by atoms with Crippen LogP contribution < -0.4 is 10.6 Å². The fourth-order valence-corrected chi connectivity index (χ4v) is 2.93. The van der Waals surface area contributed by atoms with E-state index in [-0.39, 0.29) is 23.5 Å². The maximum absolute atomic E-state index is 15.0. The number of benzene rings is 1. The van der Waals surface area contributed by atoms with Crippen LogP contribution in [0.4, 0.5) is 21.8 Å². The molecule has 1 unspecified atom stereocenters. The molecular weight excluding hydrogens is 373 g/mol. The molecule has 0 saturated heterocycles. The van der Waals surface area contributed by atoms with Crippen LogP contribution in [0.5, 0.6) is 0 Å². The van der Waals surface area contributed by atoms with E-state index >= 15 is 0 Å². The lowest BCUT2D eigenvalue weighted by atomic mass is 10.1. The highest BCUT2D eigenvalue weighted by Gasteiger charge is 2.29. The van der Waals surface area contributed by atoms with Gasteiger partial charge in [-0.25, -0.2) is 9.37 Å². The molecule has 9 nitrogen and oxygen atoms in total. The Hall–Kier alpha value is -3.61. The van der Waals surface area contributed by atoms with Crippen molar-refractivity contribution < 1.29 is 4.39 Å². The highest BCUT2D eigenvalue weighted by molar-refractivity contribution is 5.63. The van der Waals surface area contributed by atoms with Crippen LogP contribution in [0.15, 0.2) is 24.7 Å². The molecule has 1 atom stereocenters. The average Bonchev–Trinajstić information content (AvgIpc) is 3.43. The van der Waals surface area contributed by atoms with Crippen LogP contribution in [0.2, 0.25) is 0 Å². The van der Waals surface area contributed by atoms with Crippen molar-refractivity contribution in [1.82, 2.24) is 30.2 Å². The van der Waals surface area contributed by atoms with Crippen molar-refractivity contribution in [2.24, 2.45) is 0 Å². The number of anilines is 3. The van der Waals surface area contributed by atoms with Crippen molar-refractivity contribution in [3.8, 4) is 11.8 Å². The van der Waals surface area contributed by atoms with E-state index in [9.17, 15) is 9.65 Å². The van der Waals surface area contributed by atoms with E-state index in [1.54, 1.807) is 12.1 Å². The maximum atomic E-state index is 15.0. The van der Waals surface area contributed by atoms with Crippen molar-refractivity contribution in [2.45, 2.75) is 45.1 Å². The summed E-state index contributed by atoms with van der Waals surface area (Å²) >= 11 is 0. The molecule has 1 aliphatic rings. The van der Waals surface area contributed by atoms with Crippen LogP contribution in [-0.4, -0.2) is 36.2 Å². The number of nitrogens with zero attached hydrogens (tertiary/aromatic N) is 7. The molecule has 4 rings (SSSR count).